The van der Waals surface area contributed by atoms with E-state index in [1.807, 2.05) is 0 Å². The molecular formula is C6H12FNO. The van der Waals surface area contributed by atoms with Gasteiger partial charge in [0.05, 0.1) is 6.10 Å². The molecule has 1 rings (SSSR count). The normalized spacial score (nSPS) is 39.0. The van der Waals surface area contributed by atoms with Crippen molar-refractivity contribution in [3.8, 4) is 0 Å². The SMILES string of the molecule is C[C@@H](O)[C@H]1C[C@@H](F)CN1. The van der Waals surface area contributed by atoms with E-state index in [-0.39, 0.29) is 6.04 Å². The monoisotopic (exact) mass is 133 g/mol. The third kappa shape index (κ3) is 1.63. The Morgan fingerprint density at radius 2 is 2.44 bits per heavy atom. The van der Waals surface area contributed by atoms with Gasteiger partial charge in [-0.25, -0.2) is 4.39 Å². The molecule has 3 atom stereocenters. The zero-order chi connectivity index (χ0) is 6.85. The van der Waals surface area contributed by atoms with Crippen LogP contribution in [0.3, 0.4) is 0 Å². The zero-order valence-corrected chi connectivity index (χ0v) is 5.47. The minimum atomic E-state index is -0.760. The summed E-state index contributed by atoms with van der Waals surface area (Å²) in [5.41, 5.74) is 0. The lowest BCUT2D eigenvalue weighted by atomic mass is 10.1. The summed E-state index contributed by atoms with van der Waals surface area (Å²) in [6.07, 6.45) is -0.729. The largest absolute Gasteiger partial charge is 0.392 e. The van der Waals surface area contributed by atoms with Crippen LogP contribution in [0.25, 0.3) is 0 Å². The Morgan fingerprint density at radius 1 is 1.78 bits per heavy atom. The standard InChI is InChI=1S/C6H12FNO/c1-4(9)6-2-5(7)3-8-6/h4-6,8-9H,2-3H2,1H3/t4-,5-,6-/m1/s1. The number of rotatable bonds is 1. The maximum atomic E-state index is 12.4. The summed E-state index contributed by atoms with van der Waals surface area (Å²) in [6, 6.07) is -0.0278. The Bertz CT molecular complexity index is 97.1. The van der Waals surface area contributed by atoms with Gasteiger partial charge in [-0.1, -0.05) is 0 Å². The van der Waals surface area contributed by atoms with Crippen molar-refractivity contribution in [1.29, 1.82) is 0 Å². The second kappa shape index (κ2) is 2.62. The van der Waals surface area contributed by atoms with Crippen molar-refractivity contribution in [2.45, 2.75) is 31.7 Å². The van der Waals surface area contributed by atoms with Crippen LogP contribution in [0, 0.1) is 0 Å². The molecule has 0 amide bonds. The van der Waals surface area contributed by atoms with E-state index in [9.17, 15) is 4.39 Å². The van der Waals surface area contributed by atoms with E-state index in [0.717, 1.165) is 0 Å². The first-order valence-corrected chi connectivity index (χ1v) is 3.25. The molecule has 1 heterocycles. The van der Waals surface area contributed by atoms with Crippen LogP contribution in [-0.2, 0) is 0 Å². The van der Waals surface area contributed by atoms with Gasteiger partial charge in [0, 0.05) is 12.6 Å². The summed E-state index contributed by atoms with van der Waals surface area (Å²) in [4.78, 5) is 0. The van der Waals surface area contributed by atoms with Gasteiger partial charge in [0.2, 0.25) is 0 Å². The van der Waals surface area contributed by atoms with Crippen LogP contribution in [0.1, 0.15) is 13.3 Å². The van der Waals surface area contributed by atoms with Crippen LogP contribution < -0.4 is 5.32 Å². The van der Waals surface area contributed by atoms with E-state index in [4.69, 9.17) is 5.11 Å². The van der Waals surface area contributed by atoms with Crippen molar-refractivity contribution in [2.75, 3.05) is 6.54 Å². The average molecular weight is 133 g/mol. The highest BCUT2D eigenvalue weighted by Crippen LogP contribution is 2.12. The Morgan fingerprint density at radius 3 is 2.67 bits per heavy atom. The maximum Gasteiger partial charge on any atom is 0.114 e. The predicted molar refractivity (Wildman–Crippen MR) is 33.0 cm³/mol. The van der Waals surface area contributed by atoms with Gasteiger partial charge in [0.25, 0.3) is 0 Å². The molecule has 2 nitrogen and oxygen atoms in total. The fraction of sp³-hybridized carbons (Fsp3) is 1.00. The predicted octanol–water partition coefficient (Wildman–Crippen LogP) is 0.0672. The van der Waals surface area contributed by atoms with Crippen LogP contribution in [0.5, 0.6) is 0 Å². The number of hydrogen-bond donors (Lipinski definition) is 2. The molecule has 2 N–H and O–H groups in total. The molecule has 0 unspecified atom stereocenters. The van der Waals surface area contributed by atoms with E-state index in [0.29, 0.717) is 13.0 Å². The van der Waals surface area contributed by atoms with Crippen LogP contribution in [0.4, 0.5) is 4.39 Å². The van der Waals surface area contributed by atoms with Gasteiger partial charge in [0.1, 0.15) is 6.17 Å². The van der Waals surface area contributed by atoms with Gasteiger partial charge in [-0.3, -0.25) is 0 Å². The first kappa shape index (κ1) is 6.96. The highest BCUT2D eigenvalue weighted by Gasteiger charge is 2.26. The minimum Gasteiger partial charge on any atom is -0.392 e. The lowest BCUT2D eigenvalue weighted by molar-refractivity contribution is 0.151. The van der Waals surface area contributed by atoms with Gasteiger partial charge in [-0.2, -0.15) is 0 Å². The molecule has 0 aromatic heterocycles. The summed E-state index contributed by atoms with van der Waals surface area (Å²) in [5, 5.41) is 11.8. The quantitative estimate of drug-likeness (QED) is 0.530. The number of hydrogen-bond acceptors (Lipinski definition) is 2. The molecule has 0 saturated carbocycles. The molecule has 0 aliphatic carbocycles. The van der Waals surface area contributed by atoms with Crippen molar-refractivity contribution in [1.82, 2.24) is 5.32 Å². The molecular weight excluding hydrogens is 121 g/mol. The van der Waals surface area contributed by atoms with Crippen LogP contribution in [0.2, 0.25) is 0 Å². The average Bonchev–Trinajstić information content (AvgIpc) is 2.14. The zero-order valence-electron chi connectivity index (χ0n) is 5.47. The fourth-order valence-corrected chi connectivity index (χ4v) is 1.09. The molecule has 0 radical (unpaired) electrons. The van der Waals surface area contributed by atoms with Crippen molar-refractivity contribution < 1.29 is 9.50 Å². The van der Waals surface area contributed by atoms with E-state index in [2.05, 4.69) is 5.32 Å². The van der Waals surface area contributed by atoms with E-state index < -0.39 is 12.3 Å². The van der Waals surface area contributed by atoms with E-state index in [1.54, 1.807) is 6.92 Å². The van der Waals surface area contributed by atoms with Crippen molar-refractivity contribution >= 4 is 0 Å². The number of alkyl halides is 1. The third-order valence-corrected chi connectivity index (χ3v) is 1.69. The molecule has 1 saturated heterocycles. The molecule has 1 aliphatic rings. The first-order valence-electron chi connectivity index (χ1n) is 3.25. The third-order valence-electron chi connectivity index (χ3n) is 1.69. The van der Waals surface area contributed by atoms with Crippen LogP contribution in [0.15, 0.2) is 0 Å². The van der Waals surface area contributed by atoms with Gasteiger partial charge in [0.15, 0.2) is 0 Å². The molecule has 1 aliphatic heterocycles. The van der Waals surface area contributed by atoms with Crippen LogP contribution in [-0.4, -0.2) is 30.0 Å². The summed E-state index contributed by atoms with van der Waals surface area (Å²) in [7, 11) is 0. The molecule has 0 spiro atoms. The summed E-state index contributed by atoms with van der Waals surface area (Å²) in [5.74, 6) is 0. The van der Waals surface area contributed by atoms with Gasteiger partial charge < -0.3 is 10.4 Å². The highest BCUT2D eigenvalue weighted by atomic mass is 19.1. The Hall–Kier alpha value is -0.150. The Balaban J connectivity index is 2.30. The van der Waals surface area contributed by atoms with Crippen molar-refractivity contribution in [3.05, 3.63) is 0 Å². The summed E-state index contributed by atoms with van der Waals surface area (Å²) in [6.45, 7) is 2.07. The van der Waals surface area contributed by atoms with Gasteiger partial charge in [-0.15, -0.1) is 0 Å². The topological polar surface area (TPSA) is 32.3 Å². The number of aliphatic hydroxyl groups excluding tert-OH is 1. The maximum absolute atomic E-state index is 12.4. The second-order valence-corrected chi connectivity index (χ2v) is 2.59. The second-order valence-electron chi connectivity index (χ2n) is 2.59. The highest BCUT2D eigenvalue weighted by molar-refractivity contribution is 4.84. The Kier molecular flexibility index (Phi) is 2.03. The lowest BCUT2D eigenvalue weighted by Crippen LogP contribution is -2.32. The molecule has 1 fully saturated rings. The van der Waals surface area contributed by atoms with Gasteiger partial charge in [-0.05, 0) is 13.3 Å². The van der Waals surface area contributed by atoms with Crippen molar-refractivity contribution in [3.63, 3.8) is 0 Å². The molecule has 9 heavy (non-hydrogen) atoms. The lowest BCUT2D eigenvalue weighted by Gasteiger charge is -2.11. The molecule has 0 aromatic rings. The summed E-state index contributed by atoms with van der Waals surface area (Å²) < 4.78 is 12.4. The van der Waals surface area contributed by atoms with Crippen LogP contribution >= 0.6 is 0 Å². The fourth-order valence-electron chi connectivity index (χ4n) is 1.09. The van der Waals surface area contributed by atoms with Gasteiger partial charge >= 0.3 is 0 Å². The van der Waals surface area contributed by atoms with E-state index >= 15 is 0 Å². The molecule has 0 bridgehead atoms. The van der Waals surface area contributed by atoms with E-state index in [1.165, 1.54) is 0 Å². The van der Waals surface area contributed by atoms with Crippen molar-refractivity contribution in [2.24, 2.45) is 0 Å². The Labute approximate surface area is 54.1 Å². The number of halogens is 1. The molecule has 0 aromatic carbocycles. The number of aliphatic hydroxyl groups is 1. The number of nitrogens with one attached hydrogen (secondary N) is 1. The molecule has 54 valence electrons. The smallest absolute Gasteiger partial charge is 0.114 e. The molecule has 3 heteroatoms. The minimum absolute atomic E-state index is 0.0278. The first-order chi connectivity index (χ1) is 4.20. The summed E-state index contributed by atoms with van der Waals surface area (Å²) >= 11 is 0.